The van der Waals surface area contributed by atoms with Crippen LogP contribution in [-0.4, -0.2) is 20.5 Å². The van der Waals surface area contributed by atoms with Crippen LogP contribution in [-0.2, 0) is 10.1 Å². The van der Waals surface area contributed by atoms with Gasteiger partial charge in [-0.05, 0) is 24.3 Å². The predicted molar refractivity (Wildman–Crippen MR) is 96.1 cm³/mol. The third kappa shape index (κ3) is 3.77. The van der Waals surface area contributed by atoms with Crippen LogP contribution < -0.4 is 8.92 Å². The minimum atomic E-state index is -4.00. The average Bonchev–Trinajstić information content (AvgIpc) is 3.06. The van der Waals surface area contributed by atoms with Crippen molar-refractivity contribution < 1.29 is 17.3 Å². The molecule has 0 spiro atoms. The highest BCUT2D eigenvalue weighted by atomic mass is 79.9. The monoisotopic (exact) mass is 425 g/mol. The zero-order chi connectivity index (χ0) is 17.2. The molecule has 0 aliphatic rings. The second-order valence-electron chi connectivity index (χ2n) is 4.71. The number of aromatic nitrogens is 1. The summed E-state index contributed by atoms with van der Waals surface area (Å²) in [5.41, 5.74) is 0.839. The van der Waals surface area contributed by atoms with Crippen molar-refractivity contribution in [1.82, 2.24) is 4.98 Å². The second kappa shape index (κ2) is 6.92. The molecule has 1 heterocycles. The third-order valence-electron chi connectivity index (χ3n) is 3.08. The molecule has 3 aromatic rings. The molecule has 0 aliphatic carbocycles. The number of hydrogen-bond donors (Lipinski definition) is 0. The van der Waals surface area contributed by atoms with Gasteiger partial charge in [-0.3, -0.25) is 0 Å². The molecule has 0 unspecified atom stereocenters. The van der Waals surface area contributed by atoms with Gasteiger partial charge in [-0.15, -0.1) is 11.3 Å². The fraction of sp³-hybridized carbons (Fsp3) is 0.0625. The lowest BCUT2D eigenvalue weighted by Gasteiger charge is -2.06. The topological polar surface area (TPSA) is 65.5 Å². The molecule has 8 heteroatoms. The first-order valence-corrected chi connectivity index (χ1v) is 9.86. The molecule has 0 radical (unpaired) electrons. The molecule has 0 atom stereocenters. The first-order valence-electron chi connectivity index (χ1n) is 6.78. The van der Waals surface area contributed by atoms with Gasteiger partial charge in [0.1, 0.15) is 16.5 Å². The predicted octanol–water partition coefficient (Wildman–Crippen LogP) is 4.35. The summed E-state index contributed by atoms with van der Waals surface area (Å²) in [6.07, 6.45) is 0. The van der Waals surface area contributed by atoms with Crippen LogP contribution in [0.3, 0.4) is 0 Å². The van der Waals surface area contributed by atoms with Crippen molar-refractivity contribution in [3.63, 3.8) is 0 Å². The van der Waals surface area contributed by atoms with Crippen molar-refractivity contribution in [3.05, 3.63) is 58.4 Å². The highest BCUT2D eigenvalue weighted by molar-refractivity contribution is 9.10. The van der Waals surface area contributed by atoms with Crippen LogP contribution in [0.4, 0.5) is 0 Å². The quantitative estimate of drug-likeness (QED) is 0.568. The van der Waals surface area contributed by atoms with Crippen molar-refractivity contribution in [1.29, 1.82) is 0 Å². The lowest BCUT2D eigenvalue weighted by molar-refractivity contribution is 0.411. The maximum atomic E-state index is 12.4. The zero-order valence-corrected chi connectivity index (χ0v) is 15.7. The third-order valence-corrected chi connectivity index (χ3v) is 5.78. The summed E-state index contributed by atoms with van der Waals surface area (Å²) in [6.45, 7) is 0. The molecule has 2 aromatic carbocycles. The molecule has 124 valence electrons. The fourth-order valence-electron chi connectivity index (χ4n) is 1.92. The summed E-state index contributed by atoms with van der Waals surface area (Å²) in [5.74, 6) is 0.684. The number of benzene rings is 2. The van der Waals surface area contributed by atoms with Gasteiger partial charge < -0.3 is 8.92 Å². The molecule has 5 nitrogen and oxygen atoms in total. The summed E-state index contributed by atoms with van der Waals surface area (Å²) < 4.78 is 35.9. The van der Waals surface area contributed by atoms with Crippen molar-refractivity contribution >= 4 is 37.4 Å². The molecule has 0 aliphatic heterocycles. The van der Waals surface area contributed by atoms with Crippen molar-refractivity contribution in [3.8, 4) is 22.1 Å². The summed E-state index contributed by atoms with van der Waals surface area (Å²) in [6, 6.07) is 13.9. The highest BCUT2D eigenvalue weighted by Crippen LogP contribution is 2.29. The number of nitrogens with zero attached hydrogens (tertiary/aromatic N) is 1. The Kier molecular flexibility index (Phi) is 4.88. The Bertz CT molecular complexity index is 952. The van der Waals surface area contributed by atoms with Gasteiger partial charge >= 0.3 is 10.1 Å². The van der Waals surface area contributed by atoms with Crippen LogP contribution in [0, 0.1) is 0 Å². The molecule has 0 N–H and O–H groups in total. The van der Waals surface area contributed by atoms with E-state index in [2.05, 4.69) is 20.9 Å². The van der Waals surface area contributed by atoms with Crippen LogP contribution >= 0.6 is 27.3 Å². The number of hydrogen-bond acceptors (Lipinski definition) is 6. The van der Waals surface area contributed by atoms with E-state index in [1.54, 1.807) is 18.2 Å². The second-order valence-corrected chi connectivity index (χ2v) is 7.98. The lowest BCUT2D eigenvalue weighted by atomic mass is 10.2. The van der Waals surface area contributed by atoms with E-state index >= 15 is 0 Å². The number of thiazole rings is 1. The molecule has 0 amide bonds. The van der Waals surface area contributed by atoms with Gasteiger partial charge in [0.05, 0.1) is 7.11 Å². The highest BCUT2D eigenvalue weighted by Gasteiger charge is 2.21. The van der Waals surface area contributed by atoms with Crippen molar-refractivity contribution in [2.75, 3.05) is 7.11 Å². The van der Waals surface area contributed by atoms with Crippen LogP contribution in [0.25, 0.3) is 10.6 Å². The van der Waals surface area contributed by atoms with E-state index in [0.717, 1.165) is 10.0 Å². The Morgan fingerprint density at radius 1 is 1.08 bits per heavy atom. The molecule has 24 heavy (non-hydrogen) atoms. The standard InChI is InChI=1S/C16H12BrNO4S2/c1-21-13-3-2-4-14(9-13)22-24(19,20)15-10-23-16(18-15)11-5-7-12(17)8-6-11/h2-10H,1H3. The molecular formula is C16H12BrNO4S2. The van der Waals surface area contributed by atoms with Gasteiger partial charge in [-0.25, -0.2) is 4.98 Å². The first kappa shape index (κ1) is 16.9. The van der Waals surface area contributed by atoms with Gasteiger partial charge in [0.25, 0.3) is 0 Å². The van der Waals surface area contributed by atoms with Crippen LogP contribution in [0.15, 0.2) is 63.4 Å². The van der Waals surface area contributed by atoms with Crippen molar-refractivity contribution in [2.45, 2.75) is 5.03 Å². The zero-order valence-electron chi connectivity index (χ0n) is 12.5. The minimum absolute atomic E-state index is 0.117. The Balaban J connectivity index is 1.86. The van der Waals surface area contributed by atoms with Crippen LogP contribution in [0.1, 0.15) is 0 Å². The van der Waals surface area contributed by atoms with E-state index < -0.39 is 10.1 Å². The van der Waals surface area contributed by atoms with Gasteiger partial charge in [0.15, 0.2) is 0 Å². The van der Waals surface area contributed by atoms with E-state index in [-0.39, 0.29) is 10.8 Å². The number of methoxy groups -OCH3 is 1. The summed E-state index contributed by atoms with van der Waals surface area (Å²) in [7, 11) is -2.50. The summed E-state index contributed by atoms with van der Waals surface area (Å²) in [5, 5.41) is 1.95. The van der Waals surface area contributed by atoms with E-state index in [4.69, 9.17) is 8.92 Å². The number of rotatable bonds is 5. The van der Waals surface area contributed by atoms with E-state index in [9.17, 15) is 8.42 Å². The largest absolute Gasteiger partial charge is 0.497 e. The minimum Gasteiger partial charge on any atom is -0.497 e. The first-order chi connectivity index (χ1) is 11.5. The average molecular weight is 426 g/mol. The van der Waals surface area contributed by atoms with E-state index in [0.29, 0.717) is 10.8 Å². The molecule has 0 fully saturated rings. The summed E-state index contributed by atoms with van der Waals surface area (Å²) in [4.78, 5) is 4.18. The molecule has 1 aromatic heterocycles. The number of halogens is 1. The Labute approximate surface area is 152 Å². The van der Waals surface area contributed by atoms with E-state index in [1.807, 2.05) is 24.3 Å². The Hall–Kier alpha value is -1.90. The van der Waals surface area contributed by atoms with Gasteiger partial charge in [-0.2, -0.15) is 8.42 Å². The fourth-order valence-corrected chi connectivity index (χ4v) is 4.19. The van der Waals surface area contributed by atoms with Gasteiger partial charge in [0, 0.05) is 21.5 Å². The SMILES string of the molecule is COc1cccc(OS(=O)(=O)c2csc(-c3ccc(Br)cc3)n2)c1. The molecule has 0 saturated carbocycles. The smallest absolute Gasteiger partial charge is 0.357 e. The maximum Gasteiger partial charge on any atom is 0.357 e. The number of ether oxygens (including phenoxy) is 1. The Morgan fingerprint density at radius 3 is 2.50 bits per heavy atom. The van der Waals surface area contributed by atoms with Crippen LogP contribution in [0.2, 0.25) is 0 Å². The van der Waals surface area contributed by atoms with Crippen LogP contribution in [0.5, 0.6) is 11.5 Å². The van der Waals surface area contributed by atoms with E-state index in [1.165, 1.54) is 29.9 Å². The lowest BCUT2D eigenvalue weighted by Crippen LogP contribution is -2.10. The summed E-state index contributed by atoms with van der Waals surface area (Å²) >= 11 is 4.60. The van der Waals surface area contributed by atoms with Gasteiger partial charge in [0.2, 0.25) is 5.03 Å². The Morgan fingerprint density at radius 2 is 1.79 bits per heavy atom. The normalized spacial score (nSPS) is 11.2. The molecule has 0 saturated heterocycles. The van der Waals surface area contributed by atoms with Gasteiger partial charge in [-0.1, -0.05) is 34.1 Å². The maximum absolute atomic E-state index is 12.4. The molecule has 3 rings (SSSR count). The molecular weight excluding hydrogens is 414 g/mol. The molecule has 0 bridgehead atoms. The van der Waals surface area contributed by atoms with Crippen molar-refractivity contribution in [2.24, 2.45) is 0 Å².